The van der Waals surface area contributed by atoms with Gasteiger partial charge in [0.15, 0.2) is 5.78 Å². The number of carbonyl (C=O) groups is 2. The summed E-state index contributed by atoms with van der Waals surface area (Å²) in [5, 5.41) is 16.3. The minimum absolute atomic E-state index is 0.0996. The number of fused-ring (bicyclic) bond motifs is 1. The van der Waals surface area contributed by atoms with E-state index in [4.69, 9.17) is 4.74 Å². The topological polar surface area (TPSA) is 92.3 Å². The van der Waals surface area contributed by atoms with Gasteiger partial charge in [0.2, 0.25) is 0 Å². The molecule has 1 saturated carbocycles. The van der Waals surface area contributed by atoms with Crippen molar-refractivity contribution in [3.63, 3.8) is 0 Å². The lowest BCUT2D eigenvalue weighted by Crippen LogP contribution is -2.16. The fourth-order valence-corrected chi connectivity index (χ4v) is 4.87. The van der Waals surface area contributed by atoms with Gasteiger partial charge < -0.3 is 9.84 Å². The Balaban J connectivity index is 1.18. The van der Waals surface area contributed by atoms with E-state index in [9.17, 15) is 14.7 Å². The van der Waals surface area contributed by atoms with Crippen LogP contribution in [0.1, 0.15) is 53.7 Å². The monoisotopic (exact) mass is 492 g/mol. The number of aromatic amines is 1. The predicted octanol–water partition coefficient (Wildman–Crippen LogP) is 6.26. The van der Waals surface area contributed by atoms with Gasteiger partial charge >= 0.3 is 5.97 Å². The first kappa shape index (κ1) is 24.3. The van der Waals surface area contributed by atoms with Crippen LogP contribution < -0.4 is 0 Å². The van der Waals surface area contributed by atoms with E-state index in [2.05, 4.69) is 22.0 Å². The predicted molar refractivity (Wildman–Crippen MR) is 141 cm³/mol. The van der Waals surface area contributed by atoms with Crippen molar-refractivity contribution < 1.29 is 19.4 Å². The molecule has 186 valence electrons. The highest BCUT2D eigenvalue weighted by Crippen LogP contribution is 2.36. The molecule has 3 aliphatic carbocycles. The average Bonchev–Trinajstić information content (AvgIpc) is 3.21. The van der Waals surface area contributed by atoms with Crippen molar-refractivity contribution in [2.24, 2.45) is 5.92 Å². The van der Waals surface area contributed by atoms with E-state index in [0.29, 0.717) is 25.0 Å². The van der Waals surface area contributed by atoms with Gasteiger partial charge in [-0.05, 0) is 96.4 Å². The zero-order valence-electron chi connectivity index (χ0n) is 20.4. The van der Waals surface area contributed by atoms with Gasteiger partial charge in [-0.3, -0.25) is 9.89 Å². The second-order valence-electron chi connectivity index (χ2n) is 9.42. The summed E-state index contributed by atoms with van der Waals surface area (Å²) in [5.41, 5.74) is 8.77. The number of carbonyl (C=O) groups excluding carboxylic acids is 1. The molecule has 0 bridgehead atoms. The third kappa shape index (κ3) is 6.05. The van der Waals surface area contributed by atoms with Crippen molar-refractivity contribution >= 4 is 17.3 Å². The van der Waals surface area contributed by atoms with Crippen molar-refractivity contribution in [1.29, 1.82) is 0 Å². The van der Waals surface area contributed by atoms with E-state index in [1.807, 2.05) is 54.6 Å². The van der Waals surface area contributed by atoms with Gasteiger partial charge in [-0.2, -0.15) is 5.10 Å². The molecule has 6 heteroatoms. The van der Waals surface area contributed by atoms with Crippen LogP contribution >= 0.6 is 0 Å². The maximum Gasteiger partial charge on any atom is 0.343 e. The van der Waals surface area contributed by atoms with E-state index in [1.165, 1.54) is 0 Å². The van der Waals surface area contributed by atoms with Gasteiger partial charge in [-0.1, -0.05) is 30.4 Å². The summed E-state index contributed by atoms with van der Waals surface area (Å²) in [7, 11) is 0. The van der Waals surface area contributed by atoms with E-state index < -0.39 is 5.97 Å². The molecule has 0 aliphatic heterocycles. The Kier molecular flexibility index (Phi) is 7.29. The molecule has 0 spiro atoms. The summed E-state index contributed by atoms with van der Waals surface area (Å²) >= 11 is 0. The second-order valence-corrected chi connectivity index (χ2v) is 9.42. The van der Waals surface area contributed by atoms with Gasteiger partial charge in [-0.25, -0.2) is 4.79 Å². The van der Waals surface area contributed by atoms with Crippen LogP contribution in [0.4, 0.5) is 0 Å². The van der Waals surface area contributed by atoms with Crippen molar-refractivity contribution in [1.82, 2.24) is 10.2 Å². The molecule has 0 amide bonds. The Morgan fingerprint density at radius 2 is 2.08 bits per heavy atom. The third-order valence-corrected chi connectivity index (χ3v) is 6.84. The Morgan fingerprint density at radius 3 is 2.92 bits per heavy atom. The van der Waals surface area contributed by atoms with Gasteiger partial charge in [0.05, 0.1) is 5.69 Å². The number of ketones is 1. The summed E-state index contributed by atoms with van der Waals surface area (Å²) < 4.78 is 6.03. The van der Waals surface area contributed by atoms with Gasteiger partial charge in [-0.15, -0.1) is 5.73 Å². The Bertz CT molecular complexity index is 1430. The maximum absolute atomic E-state index is 13.1. The molecular weight excluding hydrogens is 464 g/mol. The van der Waals surface area contributed by atoms with Crippen molar-refractivity contribution in [2.75, 3.05) is 0 Å². The molecule has 0 radical (unpaired) electrons. The number of allylic oxidation sites excluding steroid dienone is 8. The van der Waals surface area contributed by atoms with Crippen molar-refractivity contribution in [2.45, 2.75) is 38.7 Å². The molecule has 1 heterocycles. The highest BCUT2D eigenvalue weighted by molar-refractivity contribution is 5.96. The SMILES string of the molecule is O=C(O)C1=C=CC=C2CCC(CC(=O)c3cccc(COC4=CCC=C(c5ccn[nH]5)C=C4)c3)CC2=C1. The standard InChI is InChI=1S/C31H28N2O4/c34-30(18-21-10-11-23-5-2-8-26(31(35)36)19-27(23)16-21)25-7-1-4-22(17-25)20-37-28-9-3-6-24(12-13-28)29-14-15-32-33-29/h1-2,4-7,9,12-15,17,19,21H,3,10-11,16,18,20H2,(H,32,33)(H,35,36). The van der Waals surface area contributed by atoms with Crippen molar-refractivity contribution in [3.05, 3.63) is 124 Å². The first-order valence-corrected chi connectivity index (χ1v) is 12.5. The molecule has 2 N–H and O–H groups in total. The minimum atomic E-state index is -0.986. The largest absolute Gasteiger partial charge is 0.489 e. The highest BCUT2D eigenvalue weighted by Gasteiger charge is 2.25. The fraction of sp³-hybridized carbons (Fsp3) is 0.226. The number of aliphatic carboxylic acids is 1. The lowest BCUT2D eigenvalue weighted by atomic mass is 9.78. The number of carboxylic acids is 1. The molecule has 1 aromatic carbocycles. The maximum atomic E-state index is 13.1. The van der Waals surface area contributed by atoms with Crippen LogP contribution in [0.2, 0.25) is 0 Å². The van der Waals surface area contributed by atoms with Crippen LogP contribution in [0.5, 0.6) is 0 Å². The molecule has 1 unspecified atom stereocenters. The number of benzene rings is 1. The minimum Gasteiger partial charge on any atom is -0.489 e. The summed E-state index contributed by atoms with van der Waals surface area (Å²) in [6.07, 6.45) is 18.8. The number of rotatable bonds is 8. The number of aromatic nitrogens is 2. The number of carboxylic acid groups (broad SMARTS) is 1. The molecule has 1 fully saturated rings. The first-order chi connectivity index (χ1) is 18.0. The molecule has 6 nitrogen and oxygen atoms in total. The van der Waals surface area contributed by atoms with Gasteiger partial charge in [0.25, 0.3) is 0 Å². The molecule has 0 saturated heterocycles. The number of nitrogens with one attached hydrogen (secondary N) is 1. The van der Waals surface area contributed by atoms with Crippen molar-refractivity contribution in [3.8, 4) is 0 Å². The second kappa shape index (κ2) is 11.1. The average molecular weight is 493 g/mol. The Morgan fingerprint density at radius 1 is 1.16 bits per heavy atom. The molecule has 37 heavy (non-hydrogen) atoms. The number of ether oxygens (including phenoxy) is 1. The zero-order valence-corrected chi connectivity index (χ0v) is 20.4. The molecule has 1 aromatic heterocycles. The van der Waals surface area contributed by atoms with E-state index in [1.54, 1.807) is 18.3 Å². The van der Waals surface area contributed by atoms with Crippen LogP contribution in [0.15, 0.2) is 107 Å². The highest BCUT2D eigenvalue weighted by atomic mass is 16.5. The summed E-state index contributed by atoms with van der Waals surface area (Å²) in [6.45, 7) is 0.373. The molecular formula is C31H28N2O4. The fourth-order valence-electron chi connectivity index (χ4n) is 4.87. The van der Waals surface area contributed by atoms with Crippen LogP contribution in [-0.2, 0) is 16.1 Å². The molecule has 1 atom stereocenters. The number of hydrogen-bond acceptors (Lipinski definition) is 4. The summed E-state index contributed by atoms with van der Waals surface area (Å²) in [6, 6.07) is 9.55. The van der Waals surface area contributed by atoms with Crippen LogP contribution in [-0.4, -0.2) is 27.1 Å². The molecule has 3 aliphatic rings. The Labute approximate surface area is 215 Å². The van der Waals surface area contributed by atoms with E-state index >= 15 is 0 Å². The number of Topliss-reactive ketones (excluding diaryl/α,β-unsaturated/α-hetero) is 1. The van der Waals surface area contributed by atoms with E-state index in [0.717, 1.165) is 53.0 Å². The smallest absolute Gasteiger partial charge is 0.343 e. The van der Waals surface area contributed by atoms with Crippen LogP contribution in [0.3, 0.4) is 0 Å². The Hall–Kier alpha value is -4.41. The molecule has 2 aromatic rings. The van der Waals surface area contributed by atoms with Crippen LogP contribution in [0.25, 0.3) is 5.57 Å². The summed E-state index contributed by atoms with van der Waals surface area (Å²) in [4.78, 5) is 24.6. The normalized spacial score (nSPS) is 18.8. The number of H-pyrrole nitrogens is 1. The van der Waals surface area contributed by atoms with Gasteiger partial charge in [0, 0.05) is 18.2 Å². The number of nitrogens with zero attached hydrogens (tertiary/aromatic N) is 1. The lowest BCUT2D eigenvalue weighted by molar-refractivity contribution is -0.132. The van der Waals surface area contributed by atoms with Gasteiger partial charge in [0.1, 0.15) is 17.9 Å². The first-order valence-electron chi connectivity index (χ1n) is 12.5. The third-order valence-electron chi connectivity index (χ3n) is 6.84. The summed E-state index contributed by atoms with van der Waals surface area (Å²) in [5.74, 6) is 0.0826. The molecule has 5 rings (SSSR count). The lowest BCUT2D eigenvalue weighted by Gasteiger charge is -2.26. The number of hydrogen-bond donors (Lipinski definition) is 2. The zero-order chi connectivity index (χ0) is 25.6. The van der Waals surface area contributed by atoms with Crippen LogP contribution in [0, 0.1) is 5.92 Å². The van der Waals surface area contributed by atoms with E-state index in [-0.39, 0.29) is 17.3 Å². The quantitative estimate of drug-likeness (QED) is 0.335.